The van der Waals surface area contributed by atoms with Crippen LogP contribution in [0, 0.1) is 11.8 Å². The van der Waals surface area contributed by atoms with Crippen molar-refractivity contribution in [3.05, 3.63) is 0 Å². The molecule has 0 aromatic heterocycles. The molecule has 0 N–H and O–H groups in total. The first kappa shape index (κ1) is 20.9. The Kier molecular flexibility index (Phi) is 11.4. The monoisotopic (exact) mass is 302 g/mol. The fourth-order valence-corrected chi connectivity index (χ4v) is 2.81. The van der Waals surface area contributed by atoms with Crippen molar-refractivity contribution in [3.8, 4) is 0 Å². The van der Waals surface area contributed by atoms with Crippen molar-refractivity contribution >= 4 is 0 Å². The average molecular weight is 302 g/mol. The molecule has 3 nitrogen and oxygen atoms in total. The van der Waals surface area contributed by atoms with Crippen molar-refractivity contribution in [1.82, 2.24) is 0 Å². The summed E-state index contributed by atoms with van der Waals surface area (Å²) < 4.78 is 17.2. The van der Waals surface area contributed by atoms with E-state index in [1.165, 1.54) is 19.3 Å². The Morgan fingerprint density at radius 1 is 1.00 bits per heavy atom. The Morgan fingerprint density at radius 2 is 1.67 bits per heavy atom. The summed E-state index contributed by atoms with van der Waals surface area (Å²) in [5.74, 6) is 0.948. The van der Waals surface area contributed by atoms with E-state index in [4.69, 9.17) is 14.2 Å². The van der Waals surface area contributed by atoms with Crippen LogP contribution in [0.5, 0.6) is 0 Å². The topological polar surface area (TPSA) is 27.7 Å². The standard InChI is InChI=1S/C18H38O3/c1-8-20-17(14-18(6,19-7)21-9-2)13-16(5)12-10-11-15(3)4/h15-17H,8-14H2,1-7H3. The van der Waals surface area contributed by atoms with Crippen LogP contribution in [-0.4, -0.2) is 32.2 Å². The van der Waals surface area contributed by atoms with Gasteiger partial charge in [-0.1, -0.05) is 40.0 Å². The molecule has 3 atom stereocenters. The van der Waals surface area contributed by atoms with Crippen molar-refractivity contribution in [2.45, 2.75) is 85.5 Å². The smallest absolute Gasteiger partial charge is 0.167 e. The molecule has 0 amide bonds. The summed E-state index contributed by atoms with van der Waals surface area (Å²) in [5, 5.41) is 0. The van der Waals surface area contributed by atoms with E-state index in [0.717, 1.165) is 25.4 Å². The predicted molar refractivity (Wildman–Crippen MR) is 89.5 cm³/mol. The van der Waals surface area contributed by atoms with E-state index in [9.17, 15) is 0 Å². The lowest BCUT2D eigenvalue weighted by Crippen LogP contribution is -2.37. The van der Waals surface area contributed by atoms with Crippen LogP contribution in [-0.2, 0) is 14.2 Å². The molecule has 0 aromatic rings. The molecule has 3 unspecified atom stereocenters. The molecule has 128 valence electrons. The summed E-state index contributed by atoms with van der Waals surface area (Å²) in [6, 6.07) is 0. The van der Waals surface area contributed by atoms with Gasteiger partial charge in [-0.25, -0.2) is 0 Å². The van der Waals surface area contributed by atoms with Crippen molar-refractivity contribution in [2.75, 3.05) is 20.3 Å². The van der Waals surface area contributed by atoms with E-state index in [1.807, 2.05) is 13.8 Å². The van der Waals surface area contributed by atoms with Crippen LogP contribution in [0.4, 0.5) is 0 Å². The van der Waals surface area contributed by atoms with Gasteiger partial charge >= 0.3 is 0 Å². The van der Waals surface area contributed by atoms with Crippen LogP contribution < -0.4 is 0 Å². The molecule has 3 heteroatoms. The van der Waals surface area contributed by atoms with Crippen LogP contribution in [0.1, 0.15) is 73.6 Å². The first-order valence-electron chi connectivity index (χ1n) is 8.67. The highest BCUT2D eigenvalue weighted by Crippen LogP contribution is 2.26. The minimum atomic E-state index is -0.535. The predicted octanol–water partition coefficient (Wildman–Crippen LogP) is 5.03. The molecule has 0 spiro atoms. The van der Waals surface area contributed by atoms with Gasteiger partial charge in [0.2, 0.25) is 0 Å². The largest absolute Gasteiger partial charge is 0.378 e. The maximum atomic E-state index is 5.92. The summed E-state index contributed by atoms with van der Waals surface area (Å²) >= 11 is 0. The maximum Gasteiger partial charge on any atom is 0.167 e. The van der Waals surface area contributed by atoms with Gasteiger partial charge in [0, 0.05) is 26.7 Å². The Bertz CT molecular complexity index is 243. The zero-order valence-corrected chi connectivity index (χ0v) is 15.4. The number of hydrogen-bond acceptors (Lipinski definition) is 3. The fourth-order valence-electron chi connectivity index (χ4n) is 2.81. The third kappa shape index (κ3) is 10.3. The number of methoxy groups -OCH3 is 1. The first-order valence-corrected chi connectivity index (χ1v) is 8.67. The van der Waals surface area contributed by atoms with E-state index >= 15 is 0 Å². The summed E-state index contributed by atoms with van der Waals surface area (Å²) in [4.78, 5) is 0. The lowest BCUT2D eigenvalue weighted by Gasteiger charge is -2.32. The highest BCUT2D eigenvalue weighted by Gasteiger charge is 2.29. The molecule has 0 fully saturated rings. The second kappa shape index (κ2) is 11.4. The Morgan fingerprint density at radius 3 is 2.14 bits per heavy atom. The zero-order chi connectivity index (χ0) is 16.3. The molecule has 0 rings (SSSR count). The van der Waals surface area contributed by atoms with Gasteiger partial charge < -0.3 is 14.2 Å². The summed E-state index contributed by atoms with van der Waals surface area (Å²) in [7, 11) is 1.71. The number of rotatable bonds is 13. The molecule has 0 radical (unpaired) electrons. The SMILES string of the molecule is CCOC(CC(C)CCCC(C)C)CC(C)(OC)OCC. The minimum absolute atomic E-state index is 0.209. The van der Waals surface area contributed by atoms with Gasteiger partial charge in [-0.05, 0) is 39.0 Å². The van der Waals surface area contributed by atoms with E-state index in [2.05, 4.69) is 27.7 Å². The second-order valence-electron chi connectivity index (χ2n) is 6.72. The van der Waals surface area contributed by atoms with Crippen LogP contribution in [0.25, 0.3) is 0 Å². The molecule has 0 heterocycles. The Labute approximate surface area is 132 Å². The number of hydrogen-bond donors (Lipinski definition) is 0. The third-order valence-electron chi connectivity index (χ3n) is 4.03. The van der Waals surface area contributed by atoms with Crippen molar-refractivity contribution < 1.29 is 14.2 Å². The van der Waals surface area contributed by atoms with Gasteiger partial charge in [0.05, 0.1) is 6.10 Å². The molecule has 0 bridgehead atoms. The second-order valence-corrected chi connectivity index (χ2v) is 6.72. The quantitative estimate of drug-likeness (QED) is 0.446. The lowest BCUT2D eigenvalue weighted by molar-refractivity contribution is -0.226. The van der Waals surface area contributed by atoms with Crippen molar-refractivity contribution in [3.63, 3.8) is 0 Å². The molecule has 0 aliphatic rings. The van der Waals surface area contributed by atoms with Crippen LogP contribution in [0.15, 0.2) is 0 Å². The highest BCUT2D eigenvalue weighted by atomic mass is 16.7. The average Bonchev–Trinajstić information content (AvgIpc) is 2.38. The van der Waals surface area contributed by atoms with Gasteiger partial charge in [-0.3, -0.25) is 0 Å². The summed E-state index contributed by atoms with van der Waals surface area (Å²) in [6.07, 6.45) is 5.99. The maximum absolute atomic E-state index is 5.92. The van der Waals surface area contributed by atoms with Gasteiger partial charge in [-0.15, -0.1) is 0 Å². The van der Waals surface area contributed by atoms with E-state index < -0.39 is 5.79 Å². The van der Waals surface area contributed by atoms with Gasteiger partial charge in [0.25, 0.3) is 0 Å². The molecule has 0 aliphatic heterocycles. The molecule has 21 heavy (non-hydrogen) atoms. The summed E-state index contributed by atoms with van der Waals surface area (Å²) in [5.41, 5.74) is 0. The molecule has 0 aliphatic carbocycles. The minimum Gasteiger partial charge on any atom is -0.378 e. The van der Waals surface area contributed by atoms with E-state index in [0.29, 0.717) is 12.5 Å². The van der Waals surface area contributed by atoms with Crippen molar-refractivity contribution in [1.29, 1.82) is 0 Å². The van der Waals surface area contributed by atoms with Crippen molar-refractivity contribution in [2.24, 2.45) is 11.8 Å². The third-order valence-corrected chi connectivity index (χ3v) is 4.03. The molecule has 0 aromatic carbocycles. The number of ether oxygens (including phenoxy) is 3. The van der Waals surface area contributed by atoms with Crippen LogP contribution >= 0.6 is 0 Å². The lowest BCUT2D eigenvalue weighted by atomic mass is 9.92. The van der Waals surface area contributed by atoms with Gasteiger partial charge in [-0.2, -0.15) is 0 Å². The van der Waals surface area contributed by atoms with Crippen LogP contribution in [0.3, 0.4) is 0 Å². The van der Waals surface area contributed by atoms with E-state index in [1.54, 1.807) is 7.11 Å². The zero-order valence-electron chi connectivity index (χ0n) is 15.4. The van der Waals surface area contributed by atoms with Gasteiger partial charge in [0.1, 0.15) is 0 Å². The first-order chi connectivity index (χ1) is 9.86. The molecule has 0 saturated heterocycles. The fraction of sp³-hybridized carbons (Fsp3) is 1.00. The Balaban J connectivity index is 4.33. The molecule has 0 saturated carbocycles. The Hall–Kier alpha value is -0.120. The molecular weight excluding hydrogens is 264 g/mol. The van der Waals surface area contributed by atoms with E-state index in [-0.39, 0.29) is 6.10 Å². The highest BCUT2D eigenvalue weighted by molar-refractivity contribution is 4.73. The van der Waals surface area contributed by atoms with Crippen LogP contribution in [0.2, 0.25) is 0 Å². The normalized spacial score (nSPS) is 17.7. The molecular formula is C18H38O3. The summed E-state index contributed by atoms with van der Waals surface area (Å²) in [6.45, 7) is 14.4. The van der Waals surface area contributed by atoms with Gasteiger partial charge in [0.15, 0.2) is 5.79 Å².